The summed E-state index contributed by atoms with van der Waals surface area (Å²) in [6, 6.07) is 4.62. The van der Waals surface area contributed by atoms with E-state index in [1.54, 1.807) is 6.07 Å². The van der Waals surface area contributed by atoms with E-state index in [4.69, 9.17) is 0 Å². The van der Waals surface area contributed by atoms with E-state index < -0.39 is 0 Å². The number of halogens is 2. The highest BCUT2D eigenvalue weighted by Gasteiger charge is 1.96. The first-order valence-electron chi connectivity index (χ1n) is 3.32. The number of hydrogen-bond donors (Lipinski definition) is 0. The highest BCUT2D eigenvalue weighted by atomic mass is 79.9. The van der Waals surface area contributed by atoms with E-state index in [9.17, 15) is 4.39 Å². The van der Waals surface area contributed by atoms with Crippen molar-refractivity contribution in [3.8, 4) is 0 Å². The molecule has 0 aliphatic rings. The molecule has 0 amide bonds. The topological polar surface area (TPSA) is 0 Å². The summed E-state index contributed by atoms with van der Waals surface area (Å²) in [5.41, 5.74) is 0.868. The summed E-state index contributed by atoms with van der Waals surface area (Å²) in [7, 11) is 0. The van der Waals surface area contributed by atoms with Crippen molar-refractivity contribution >= 4 is 22.0 Å². The lowest BCUT2D eigenvalue weighted by atomic mass is 10.2. The van der Waals surface area contributed by atoms with E-state index in [1.807, 2.05) is 19.1 Å². The summed E-state index contributed by atoms with van der Waals surface area (Å²) in [6.07, 6.45) is 3.73. The van der Waals surface area contributed by atoms with Crippen LogP contribution in [0.5, 0.6) is 0 Å². The van der Waals surface area contributed by atoms with Gasteiger partial charge in [-0.2, -0.15) is 0 Å². The van der Waals surface area contributed by atoms with Crippen LogP contribution in [0.25, 0.3) is 6.08 Å². The van der Waals surface area contributed by atoms with E-state index >= 15 is 0 Å². The maximum atomic E-state index is 12.6. The van der Waals surface area contributed by atoms with Crippen LogP contribution in [0.2, 0.25) is 0 Å². The van der Waals surface area contributed by atoms with Gasteiger partial charge in [0.1, 0.15) is 5.82 Å². The summed E-state index contributed by atoms with van der Waals surface area (Å²) in [6.45, 7) is 1.90. The third kappa shape index (κ3) is 2.15. The molecule has 1 aromatic carbocycles. The summed E-state index contributed by atoms with van der Waals surface area (Å²) < 4.78 is 13.5. The number of allylic oxidation sites excluding steroid dienone is 1. The molecule has 0 unspecified atom stereocenters. The maximum absolute atomic E-state index is 12.6. The van der Waals surface area contributed by atoms with Crippen LogP contribution in [-0.2, 0) is 0 Å². The monoisotopic (exact) mass is 214 g/mol. The third-order valence-electron chi connectivity index (χ3n) is 1.30. The SMILES string of the molecule is CC=Cc1cc(F)ccc1Br. The third-order valence-corrected chi connectivity index (χ3v) is 2.03. The van der Waals surface area contributed by atoms with Crippen LogP contribution in [-0.4, -0.2) is 0 Å². The Bertz CT molecular complexity index is 279. The zero-order valence-electron chi connectivity index (χ0n) is 6.14. The molecule has 0 heterocycles. The van der Waals surface area contributed by atoms with Crippen LogP contribution < -0.4 is 0 Å². The van der Waals surface area contributed by atoms with Gasteiger partial charge in [0.05, 0.1) is 0 Å². The minimum atomic E-state index is -0.207. The molecule has 58 valence electrons. The maximum Gasteiger partial charge on any atom is 0.123 e. The van der Waals surface area contributed by atoms with Gasteiger partial charge in [0.25, 0.3) is 0 Å². The Kier molecular flexibility index (Phi) is 2.83. The van der Waals surface area contributed by atoms with E-state index in [-0.39, 0.29) is 5.82 Å². The fraction of sp³-hybridized carbons (Fsp3) is 0.111. The second-order valence-electron chi connectivity index (χ2n) is 2.17. The van der Waals surface area contributed by atoms with Crippen molar-refractivity contribution in [2.75, 3.05) is 0 Å². The fourth-order valence-electron chi connectivity index (χ4n) is 0.822. The highest BCUT2D eigenvalue weighted by Crippen LogP contribution is 2.18. The summed E-state index contributed by atoms with van der Waals surface area (Å²) in [5, 5.41) is 0. The van der Waals surface area contributed by atoms with Gasteiger partial charge >= 0.3 is 0 Å². The van der Waals surface area contributed by atoms with Crippen LogP contribution in [0.1, 0.15) is 12.5 Å². The minimum Gasteiger partial charge on any atom is -0.207 e. The first-order chi connectivity index (χ1) is 5.24. The van der Waals surface area contributed by atoms with Crippen LogP contribution in [0.15, 0.2) is 28.7 Å². The zero-order chi connectivity index (χ0) is 8.27. The molecular formula is C9H8BrF. The standard InChI is InChI=1S/C9H8BrF/c1-2-3-7-6-8(11)4-5-9(7)10/h2-6H,1H3. The molecule has 0 aliphatic carbocycles. The van der Waals surface area contributed by atoms with Gasteiger partial charge in [0.15, 0.2) is 0 Å². The molecule has 0 atom stereocenters. The molecule has 0 aliphatic heterocycles. The fourth-order valence-corrected chi connectivity index (χ4v) is 1.20. The predicted molar refractivity (Wildman–Crippen MR) is 48.8 cm³/mol. The van der Waals surface area contributed by atoms with E-state index in [2.05, 4.69) is 15.9 Å². The first-order valence-corrected chi connectivity index (χ1v) is 4.11. The van der Waals surface area contributed by atoms with E-state index in [0.717, 1.165) is 10.0 Å². The summed E-state index contributed by atoms with van der Waals surface area (Å²) >= 11 is 3.31. The summed E-state index contributed by atoms with van der Waals surface area (Å²) in [4.78, 5) is 0. The van der Waals surface area contributed by atoms with Gasteiger partial charge in [-0.05, 0) is 30.7 Å². The second-order valence-corrected chi connectivity index (χ2v) is 3.02. The van der Waals surface area contributed by atoms with Crippen molar-refractivity contribution in [1.82, 2.24) is 0 Å². The Balaban J connectivity index is 3.12. The van der Waals surface area contributed by atoms with Crippen molar-refractivity contribution in [2.45, 2.75) is 6.92 Å². The van der Waals surface area contributed by atoms with Crippen LogP contribution >= 0.6 is 15.9 Å². The zero-order valence-corrected chi connectivity index (χ0v) is 7.73. The largest absolute Gasteiger partial charge is 0.207 e. The van der Waals surface area contributed by atoms with Gasteiger partial charge in [-0.3, -0.25) is 0 Å². The summed E-state index contributed by atoms with van der Waals surface area (Å²) in [5.74, 6) is -0.207. The van der Waals surface area contributed by atoms with Gasteiger partial charge in [0.2, 0.25) is 0 Å². The lowest BCUT2D eigenvalue weighted by Crippen LogP contribution is -1.78. The Hall–Kier alpha value is -0.630. The lowest BCUT2D eigenvalue weighted by Gasteiger charge is -1.96. The Morgan fingerprint density at radius 2 is 2.18 bits per heavy atom. The van der Waals surface area contributed by atoms with Gasteiger partial charge in [-0.15, -0.1) is 0 Å². The van der Waals surface area contributed by atoms with Gasteiger partial charge < -0.3 is 0 Å². The molecule has 2 heteroatoms. The van der Waals surface area contributed by atoms with Crippen LogP contribution in [0.4, 0.5) is 4.39 Å². The van der Waals surface area contributed by atoms with Gasteiger partial charge in [0, 0.05) is 4.47 Å². The quantitative estimate of drug-likeness (QED) is 0.671. The smallest absolute Gasteiger partial charge is 0.123 e. The molecule has 0 saturated heterocycles. The lowest BCUT2D eigenvalue weighted by molar-refractivity contribution is 0.627. The molecule has 0 N–H and O–H groups in total. The molecule has 11 heavy (non-hydrogen) atoms. The second kappa shape index (κ2) is 3.67. The predicted octanol–water partition coefficient (Wildman–Crippen LogP) is 3.62. The van der Waals surface area contributed by atoms with Crippen molar-refractivity contribution in [1.29, 1.82) is 0 Å². The van der Waals surface area contributed by atoms with E-state index in [1.165, 1.54) is 12.1 Å². The molecule has 0 bridgehead atoms. The van der Waals surface area contributed by atoms with Crippen LogP contribution in [0.3, 0.4) is 0 Å². The Morgan fingerprint density at radius 1 is 1.45 bits per heavy atom. The number of rotatable bonds is 1. The van der Waals surface area contributed by atoms with Crippen molar-refractivity contribution in [3.63, 3.8) is 0 Å². The molecule has 1 rings (SSSR count). The Morgan fingerprint density at radius 3 is 2.82 bits per heavy atom. The molecule has 0 nitrogen and oxygen atoms in total. The normalized spacial score (nSPS) is 10.8. The molecule has 0 radical (unpaired) electrons. The van der Waals surface area contributed by atoms with Crippen molar-refractivity contribution in [3.05, 3.63) is 40.1 Å². The van der Waals surface area contributed by atoms with Gasteiger partial charge in [-0.1, -0.05) is 28.1 Å². The Labute approximate surface area is 73.9 Å². The van der Waals surface area contributed by atoms with Gasteiger partial charge in [-0.25, -0.2) is 4.39 Å². The average molecular weight is 215 g/mol. The van der Waals surface area contributed by atoms with Crippen LogP contribution in [0, 0.1) is 5.82 Å². The first kappa shape index (κ1) is 8.47. The van der Waals surface area contributed by atoms with E-state index in [0.29, 0.717) is 0 Å². The minimum absolute atomic E-state index is 0.207. The number of benzene rings is 1. The molecule has 0 aromatic heterocycles. The highest BCUT2D eigenvalue weighted by molar-refractivity contribution is 9.10. The molecular weight excluding hydrogens is 207 g/mol. The molecule has 0 fully saturated rings. The molecule has 0 saturated carbocycles. The number of hydrogen-bond acceptors (Lipinski definition) is 0. The van der Waals surface area contributed by atoms with Crippen molar-refractivity contribution < 1.29 is 4.39 Å². The van der Waals surface area contributed by atoms with Crippen molar-refractivity contribution in [2.24, 2.45) is 0 Å². The average Bonchev–Trinajstić information content (AvgIpc) is 1.98. The molecule has 1 aromatic rings. The molecule has 0 spiro atoms.